The maximum atomic E-state index is 12.5. The Bertz CT molecular complexity index is 1340. The number of aliphatic imine (C=N–C) groups is 1. The van der Waals surface area contributed by atoms with E-state index in [0.717, 1.165) is 14.9 Å². The number of carbonyl (C=O) groups excluding carboxylic acids is 2. The van der Waals surface area contributed by atoms with Crippen LogP contribution >= 0.6 is 34.4 Å². The fourth-order valence-corrected chi connectivity index (χ4v) is 4.98. The highest BCUT2D eigenvalue weighted by molar-refractivity contribution is 14.1. The van der Waals surface area contributed by atoms with Crippen molar-refractivity contribution in [3.63, 3.8) is 0 Å². The van der Waals surface area contributed by atoms with Gasteiger partial charge in [-0.2, -0.15) is 0 Å². The third-order valence-corrected chi connectivity index (χ3v) is 6.70. The lowest BCUT2D eigenvalue weighted by Gasteiger charge is -2.14. The highest BCUT2D eigenvalue weighted by Gasteiger charge is 2.24. The molecule has 0 atom stereocenters. The number of nitrogens with one attached hydrogen (secondary N) is 2. The van der Waals surface area contributed by atoms with Crippen LogP contribution in [0.4, 0.5) is 11.4 Å². The minimum Gasteiger partial charge on any atom is -0.494 e. The number of halogens is 1. The molecule has 0 saturated carbocycles. The molecule has 4 rings (SSSR count). The van der Waals surface area contributed by atoms with Gasteiger partial charge in [0, 0.05) is 5.69 Å². The van der Waals surface area contributed by atoms with Gasteiger partial charge in [-0.05, 0) is 101 Å². The van der Waals surface area contributed by atoms with Crippen molar-refractivity contribution in [2.75, 3.05) is 25.6 Å². The monoisotopic (exact) mass is 629 g/mol. The summed E-state index contributed by atoms with van der Waals surface area (Å²) in [5, 5.41) is 6.07. The number of ether oxygens (including phenoxy) is 3. The summed E-state index contributed by atoms with van der Waals surface area (Å²) in [4.78, 5) is 29.8. The van der Waals surface area contributed by atoms with Gasteiger partial charge >= 0.3 is 0 Å². The van der Waals surface area contributed by atoms with Gasteiger partial charge < -0.3 is 24.8 Å². The molecule has 0 radical (unpaired) electrons. The van der Waals surface area contributed by atoms with Gasteiger partial charge in [0.2, 0.25) is 0 Å². The number of rotatable bonds is 9. The molecule has 2 N–H and O–H groups in total. The first kappa shape index (κ1) is 26.6. The van der Waals surface area contributed by atoms with Crippen molar-refractivity contribution in [3.05, 3.63) is 80.8 Å². The van der Waals surface area contributed by atoms with E-state index < -0.39 is 0 Å². The van der Waals surface area contributed by atoms with E-state index in [1.165, 1.54) is 18.9 Å². The summed E-state index contributed by atoms with van der Waals surface area (Å²) < 4.78 is 17.5. The molecule has 8 nitrogen and oxygen atoms in total. The number of para-hydroxylation sites is 1. The van der Waals surface area contributed by atoms with Gasteiger partial charge in [-0.3, -0.25) is 9.59 Å². The summed E-state index contributed by atoms with van der Waals surface area (Å²) in [6.45, 7) is 2.34. The summed E-state index contributed by atoms with van der Waals surface area (Å²) in [7, 11) is 1.53. The van der Waals surface area contributed by atoms with Crippen LogP contribution in [-0.4, -0.2) is 37.3 Å². The molecule has 3 aromatic carbocycles. The number of benzene rings is 3. The SMILES string of the molecule is CCOc1ccc(N=C2NC(=O)/C(=C\c3cc(I)c(OCC(=O)Nc4ccccc4)c(OC)c3)S2)cc1. The molecule has 1 aliphatic rings. The fourth-order valence-electron chi connectivity index (χ4n) is 3.35. The number of hydrogen-bond acceptors (Lipinski definition) is 7. The van der Waals surface area contributed by atoms with Crippen LogP contribution in [0, 0.1) is 3.57 Å². The molecule has 1 heterocycles. The summed E-state index contributed by atoms with van der Waals surface area (Å²) >= 11 is 3.37. The van der Waals surface area contributed by atoms with E-state index in [4.69, 9.17) is 14.2 Å². The molecule has 1 saturated heterocycles. The van der Waals surface area contributed by atoms with Crippen molar-refractivity contribution >= 4 is 68.8 Å². The van der Waals surface area contributed by atoms with Crippen LogP contribution in [0.15, 0.2) is 76.6 Å². The second kappa shape index (κ2) is 12.6. The molecule has 37 heavy (non-hydrogen) atoms. The lowest BCUT2D eigenvalue weighted by Crippen LogP contribution is -2.20. The molecule has 0 bridgehead atoms. The van der Waals surface area contributed by atoms with Crippen molar-refractivity contribution < 1.29 is 23.8 Å². The van der Waals surface area contributed by atoms with Gasteiger partial charge in [-0.15, -0.1) is 0 Å². The Kier molecular flexibility index (Phi) is 9.07. The van der Waals surface area contributed by atoms with Crippen LogP contribution in [0.5, 0.6) is 17.2 Å². The van der Waals surface area contributed by atoms with E-state index in [0.29, 0.717) is 39.6 Å². The predicted molar refractivity (Wildman–Crippen MR) is 155 cm³/mol. The Labute approximate surface area is 232 Å². The average Bonchev–Trinajstić information content (AvgIpc) is 3.23. The van der Waals surface area contributed by atoms with Crippen LogP contribution < -0.4 is 24.8 Å². The Morgan fingerprint density at radius 1 is 1.11 bits per heavy atom. The molecule has 0 aromatic heterocycles. The highest BCUT2D eigenvalue weighted by Crippen LogP contribution is 2.36. The number of nitrogens with zero attached hydrogens (tertiary/aromatic N) is 1. The Balaban J connectivity index is 1.45. The number of methoxy groups -OCH3 is 1. The summed E-state index contributed by atoms with van der Waals surface area (Å²) in [6.07, 6.45) is 1.76. The number of hydrogen-bond donors (Lipinski definition) is 2. The Morgan fingerprint density at radius 2 is 1.86 bits per heavy atom. The van der Waals surface area contributed by atoms with Gasteiger partial charge in [0.05, 0.1) is 27.9 Å². The predicted octanol–water partition coefficient (Wildman–Crippen LogP) is 5.61. The minimum atomic E-state index is -0.284. The first-order valence-corrected chi connectivity index (χ1v) is 13.2. The van der Waals surface area contributed by atoms with Crippen molar-refractivity contribution in [3.8, 4) is 17.2 Å². The average molecular weight is 629 g/mol. The van der Waals surface area contributed by atoms with Gasteiger partial charge in [0.15, 0.2) is 23.3 Å². The maximum Gasteiger partial charge on any atom is 0.264 e. The van der Waals surface area contributed by atoms with E-state index in [1.807, 2.05) is 55.5 Å². The molecular formula is C27H24IN3O5S. The van der Waals surface area contributed by atoms with Crippen molar-refractivity contribution in [1.29, 1.82) is 0 Å². The van der Waals surface area contributed by atoms with Gasteiger partial charge in [0.1, 0.15) is 5.75 Å². The lowest BCUT2D eigenvalue weighted by atomic mass is 10.2. The number of carbonyl (C=O) groups is 2. The molecule has 1 aliphatic heterocycles. The number of amides is 2. The largest absolute Gasteiger partial charge is 0.494 e. The fraction of sp³-hybridized carbons (Fsp3) is 0.148. The lowest BCUT2D eigenvalue weighted by molar-refractivity contribution is -0.118. The van der Waals surface area contributed by atoms with Crippen molar-refractivity contribution in [1.82, 2.24) is 5.32 Å². The normalized spacial score (nSPS) is 14.9. The quantitative estimate of drug-likeness (QED) is 0.236. The number of amidine groups is 1. The number of anilines is 1. The highest BCUT2D eigenvalue weighted by atomic mass is 127. The van der Waals surface area contributed by atoms with E-state index in [1.54, 1.807) is 24.3 Å². The Hall–Kier alpha value is -3.51. The van der Waals surface area contributed by atoms with Crippen LogP contribution in [0.1, 0.15) is 12.5 Å². The number of thioether (sulfide) groups is 1. The standard InChI is InChI=1S/C27H24IN3O5S/c1-3-35-20-11-9-19(10-12-20)30-27-31-26(33)23(37-27)15-17-13-21(28)25(22(14-17)34-2)36-16-24(32)29-18-7-5-4-6-8-18/h4-15H,3,16H2,1-2H3,(H,29,32)(H,30,31,33)/b23-15+. The van der Waals surface area contributed by atoms with Crippen LogP contribution in [0.3, 0.4) is 0 Å². The van der Waals surface area contributed by atoms with Crippen molar-refractivity contribution in [2.24, 2.45) is 4.99 Å². The summed E-state index contributed by atoms with van der Waals surface area (Å²) in [5.41, 5.74) is 2.15. The van der Waals surface area contributed by atoms with E-state index in [2.05, 4.69) is 38.2 Å². The molecule has 190 valence electrons. The van der Waals surface area contributed by atoms with Crippen LogP contribution in [0.25, 0.3) is 6.08 Å². The zero-order chi connectivity index (χ0) is 26.2. The summed E-state index contributed by atoms with van der Waals surface area (Å²) in [5.74, 6) is 1.16. The first-order valence-electron chi connectivity index (χ1n) is 11.3. The van der Waals surface area contributed by atoms with E-state index in [-0.39, 0.29) is 18.4 Å². The second-order valence-electron chi connectivity index (χ2n) is 7.65. The smallest absolute Gasteiger partial charge is 0.264 e. The van der Waals surface area contributed by atoms with E-state index in [9.17, 15) is 9.59 Å². The van der Waals surface area contributed by atoms with Crippen LogP contribution in [0.2, 0.25) is 0 Å². The molecule has 10 heteroatoms. The zero-order valence-electron chi connectivity index (χ0n) is 20.1. The first-order chi connectivity index (χ1) is 17.9. The van der Waals surface area contributed by atoms with Gasteiger partial charge in [-0.1, -0.05) is 18.2 Å². The molecule has 2 amide bonds. The Morgan fingerprint density at radius 3 is 2.57 bits per heavy atom. The molecule has 0 aliphatic carbocycles. The van der Waals surface area contributed by atoms with Crippen molar-refractivity contribution in [2.45, 2.75) is 6.92 Å². The third-order valence-electron chi connectivity index (χ3n) is 4.98. The van der Waals surface area contributed by atoms with E-state index >= 15 is 0 Å². The maximum absolute atomic E-state index is 12.5. The molecular weight excluding hydrogens is 605 g/mol. The third kappa shape index (κ3) is 7.26. The summed E-state index contributed by atoms with van der Waals surface area (Å²) in [6, 6.07) is 20.1. The second-order valence-corrected chi connectivity index (χ2v) is 9.84. The zero-order valence-corrected chi connectivity index (χ0v) is 23.1. The molecule has 0 spiro atoms. The van der Waals surface area contributed by atoms with Crippen LogP contribution in [-0.2, 0) is 9.59 Å². The topological polar surface area (TPSA) is 98.3 Å². The van der Waals surface area contributed by atoms with Gasteiger partial charge in [0.25, 0.3) is 11.8 Å². The molecule has 1 fully saturated rings. The molecule has 0 unspecified atom stereocenters. The minimum absolute atomic E-state index is 0.175. The molecule has 3 aromatic rings. The van der Waals surface area contributed by atoms with Gasteiger partial charge in [-0.25, -0.2) is 4.99 Å².